The lowest BCUT2D eigenvalue weighted by molar-refractivity contribution is 0.122. The molecule has 2 nitrogen and oxygen atoms in total. The zero-order valence-electron chi connectivity index (χ0n) is 10.2. The van der Waals surface area contributed by atoms with Crippen LogP contribution in [0.15, 0.2) is 16.5 Å². The fourth-order valence-electron chi connectivity index (χ4n) is 1.48. The minimum absolute atomic E-state index is 0.265. The van der Waals surface area contributed by atoms with Crippen molar-refractivity contribution in [2.24, 2.45) is 5.41 Å². The highest BCUT2D eigenvalue weighted by Crippen LogP contribution is 2.28. The van der Waals surface area contributed by atoms with E-state index in [0.717, 1.165) is 25.0 Å². The van der Waals surface area contributed by atoms with Gasteiger partial charge in [-0.05, 0) is 30.4 Å². The number of hydrogen-bond acceptors (Lipinski definition) is 2. The van der Waals surface area contributed by atoms with Crippen LogP contribution >= 0.6 is 0 Å². The second-order valence-corrected chi connectivity index (χ2v) is 5.27. The predicted molar refractivity (Wildman–Crippen MR) is 61.7 cm³/mol. The molecule has 0 aliphatic heterocycles. The zero-order chi connectivity index (χ0) is 11.5. The van der Waals surface area contributed by atoms with Crippen molar-refractivity contribution in [2.45, 2.75) is 53.1 Å². The van der Waals surface area contributed by atoms with Crippen molar-refractivity contribution in [2.75, 3.05) is 0 Å². The molecule has 1 heterocycles. The number of aliphatic hydroxyl groups is 1. The first-order valence-electron chi connectivity index (χ1n) is 5.69. The molecule has 1 rings (SSSR count). The quantitative estimate of drug-likeness (QED) is 0.822. The third-order valence-electron chi connectivity index (χ3n) is 2.53. The van der Waals surface area contributed by atoms with Crippen LogP contribution in [-0.4, -0.2) is 5.11 Å². The number of rotatable bonds is 4. The van der Waals surface area contributed by atoms with Gasteiger partial charge in [0.25, 0.3) is 0 Å². The number of furan rings is 1. The van der Waals surface area contributed by atoms with Crippen molar-refractivity contribution in [3.8, 4) is 0 Å². The van der Waals surface area contributed by atoms with Gasteiger partial charge in [0, 0.05) is 6.42 Å². The molecule has 0 radical (unpaired) electrons. The van der Waals surface area contributed by atoms with Gasteiger partial charge >= 0.3 is 0 Å². The molecule has 1 aromatic heterocycles. The predicted octanol–water partition coefficient (Wildman–Crippen LogP) is 3.70. The molecule has 1 aromatic rings. The molecular weight excluding hydrogens is 188 g/mol. The fraction of sp³-hybridized carbons (Fsp3) is 0.692. The van der Waals surface area contributed by atoms with Gasteiger partial charge in [-0.2, -0.15) is 0 Å². The molecule has 0 bridgehead atoms. The van der Waals surface area contributed by atoms with Crippen LogP contribution in [0.4, 0.5) is 0 Å². The maximum atomic E-state index is 9.90. The molecule has 86 valence electrons. The highest BCUT2D eigenvalue weighted by atomic mass is 16.4. The van der Waals surface area contributed by atoms with E-state index in [2.05, 4.69) is 20.8 Å². The molecule has 0 saturated carbocycles. The van der Waals surface area contributed by atoms with E-state index in [9.17, 15) is 5.11 Å². The Bertz CT molecular complexity index is 294. The first kappa shape index (κ1) is 12.3. The fourth-order valence-corrected chi connectivity index (χ4v) is 1.48. The molecular formula is C13H22O2. The van der Waals surface area contributed by atoms with Gasteiger partial charge < -0.3 is 9.52 Å². The average molecular weight is 210 g/mol. The van der Waals surface area contributed by atoms with E-state index in [1.54, 1.807) is 0 Å². The first-order valence-corrected chi connectivity index (χ1v) is 5.69. The van der Waals surface area contributed by atoms with Gasteiger partial charge in [-0.3, -0.25) is 0 Å². The molecule has 0 fully saturated rings. The number of hydrogen-bond donors (Lipinski definition) is 1. The second-order valence-electron chi connectivity index (χ2n) is 5.27. The Morgan fingerprint density at radius 1 is 1.33 bits per heavy atom. The Morgan fingerprint density at radius 2 is 2.00 bits per heavy atom. The molecule has 0 aliphatic rings. The Kier molecular flexibility index (Phi) is 3.97. The van der Waals surface area contributed by atoms with Crippen molar-refractivity contribution in [3.05, 3.63) is 23.7 Å². The second kappa shape index (κ2) is 4.84. The van der Waals surface area contributed by atoms with Gasteiger partial charge in [0.2, 0.25) is 0 Å². The van der Waals surface area contributed by atoms with E-state index in [-0.39, 0.29) is 5.41 Å². The lowest BCUT2D eigenvalue weighted by Gasteiger charge is -2.19. The van der Waals surface area contributed by atoms with Crippen molar-refractivity contribution >= 4 is 0 Å². The van der Waals surface area contributed by atoms with Crippen LogP contribution in [0.1, 0.15) is 58.2 Å². The van der Waals surface area contributed by atoms with Gasteiger partial charge in [-0.1, -0.05) is 27.7 Å². The normalized spacial score (nSPS) is 14.2. The summed E-state index contributed by atoms with van der Waals surface area (Å²) in [5.74, 6) is 1.65. The van der Waals surface area contributed by atoms with E-state index in [1.807, 2.05) is 19.1 Å². The van der Waals surface area contributed by atoms with E-state index < -0.39 is 6.10 Å². The SMILES string of the molecule is CCc1ccc(C(O)CCC(C)(C)C)o1. The molecule has 0 saturated heterocycles. The van der Waals surface area contributed by atoms with E-state index in [4.69, 9.17) is 4.42 Å². The lowest BCUT2D eigenvalue weighted by Crippen LogP contribution is -2.07. The molecule has 0 aromatic carbocycles. The monoisotopic (exact) mass is 210 g/mol. The van der Waals surface area contributed by atoms with Crippen LogP contribution in [0.3, 0.4) is 0 Å². The average Bonchev–Trinajstić information content (AvgIpc) is 2.61. The maximum absolute atomic E-state index is 9.90. The summed E-state index contributed by atoms with van der Waals surface area (Å²) in [6, 6.07) is 3.82. The topological polar surface area (TPSA) is 33.4 Å². The minimum atomic E-state index is -0.454. The summed E-state index contributed by atoms with van der Waals surface area (Å²) >= 11 is 0. The lowest BCUT2D eigenvalue weighted by atomic mass is 9.89. The zero-order valence-corrected chi connectivity index (χ0v) is 10.2. The van der Waals surface area contributed by atoms with Gasteiger partial charge in [-0.15, -0.1) is 0 Å². The summed E-state index contributed by atoms with van der Waals surface area (Å²) in [5.41, 5.74) is 0.265. The first-order chi connectivity index (χ1) is 6.92. The molecule has 0 amide bonds. The van der Waals surface area contributed by atoms with Gasteiger partial charge in [0.1, 0.15) is 17.6 Å². The molecule has 0 spiro atoms. The van der Waals surface area contributed by atoms with Crippen molar-refractivity contribution < 1.29 is 9.52 Å². The molecule has 1 unspecified atom stereocenters. The summed E-state index contributed by atoms with van der Waals surface area (Å²) in [5, 5.41) is 9.90. The summed E-state index contributed by atoms with van der Waals surface area (Å²) < 4.78 is 5.51. The van der Waals surface area contributed by atoms with E-state index >= 15 is 0 Å². The molecule has 0 aliphatic carbocycles. The van der Waals surface area contributed by atoms with Crippen molar-refractivity contribution in [1.82, 2.24) is 0 Å². The van der Waals surface area contributed by atoms with Gasteiger partial charge in [0.15, 0.2) is 0 Å². The van der Waals surface area contributed by atoms with Crippen LogP contribution in [0, 0.1) is 5.41 Å². The molecule has 15 heavy (non-hydrogen) atoms. The summed E-state index contributed by atoms with van der Waals surface area (Å²) in [6.45, 7) is 8.59. The maximum Gasteiger partial charge on any atom is 0.132 e. The molecule has 2 heteroatoms. The third-order valence-corrected chi connectivity index (χ3v) is 2.53. The Morgan fingerprint density at radius 3 is 2.47 bits per heavy atom. The Hall–Kier alpha value is -0.760. The van der Waals surface area contributed by atoms with E-state index in [1.165, 1.54) is 0 Å². The number of aryl methyl sites for hydroxylation is 1. The summed E-state index contributed by atoms with van der Waals surface area (Å²) in [7, 11) is 0. The standard InChI is InChI=1S/C13H22O2/c1-5-10-6-7-12(15-10)11(14)8-9-13(2,3)4/h6-7,11,14H,5,8-9H2,1-4H3. The third kappa shape index (κ3) is 4.08. The van der Waals surface area contributed by atoms with Crippen molar-refractivity contribution in [3.63, 3.8) is 0 Å². The molecule has 1 atom stereocenters. The van der Waals surface area contributed by atoms with Crippen LogP contribution < -0.4 is 0 Å². The smallest absolute Gasteiger partial charge is 0.132 e. The van der Waals surface area contributed by atoms with Crippen LogP contribution in [0.5, 0.6) is 0 Å². The molecule has 1 N–H and O–H groups in total. The van der Waals surface area contributed by atoms with Crippen molar-refractivity contribution in [1.29, 1.82) is 0 Å². The summed E-state index contributed by atoms with van der Waals surface area (Å²) in [4.78, 5) is 0. The number of aliphatic hydroxyl groups excluding tert-OH is 1. The van der Waals surface area contributed by atoms with Gasteiger partial charge in [-0.25, -0.2) is 0 Å². The summed E-state index contributed by atoms with van der Waals surface area (Å²) in [6.07, 6.45) is 2.19. The van der Waals surface area contributed by atoms with Crippen LogP contribution in [0.2, 0.25) is 0 Å². The Balaban J connectivity index is 2.50. The minimum Gasteiger partial charge on any atom is -0.463 e. The van der Waals surface area contributed by atoms with Crippen LogP contribution in [0.25, 0.3) is 0 Å². The van der Waals surface area contributed by atoms with E-state index in [0.29, 0.717) is 5.76 Å². The Labute approximate surface area is 92.3 Å². The van der Waals surface area contributed by atoms with Gasteiger partial charge in [0.05, 0.1) is 0 Å². The highest BCUT2D eigenvalue weighted by molar-refractivity contribution is 5.09. The largest absolute Gasteiger partial charge is 0.463 e. The highest BCUT2D eigenvalue weighted by Gasteiger charge is 2.16. The van der Waals surface area contributed by atoms with Crippen LogP contribution in [-0.2, 0) is 6.42 Å².